The third-order valence-corrected chi connectivity index (χ3v) is 2.87. The number of ether oxygens (including phenoxy) is 1. The third-order valence-electron chi connectivity index (χ3n) is 1.90. The van der Waals surface area contributed by atoms with Crippen molar-refractivity contribution in [2.75, 3.05) is 12.8 Å². The summed E-state index contributed by atoms with van der Waals surface area (Å²) in [4.78, 5) is 0. The molecule has 0 saturated heterocycles. The van der Waals surface area contributed by atoms with E-state index in [-0.39, 0.29) is 5.75 Å². The van der Waals surface area contributed by atoms with E-state index in [2.05, 4.69) is 0 Å². The van der Waals surface area contributed by atoms with Crippen molar-refractivity contribution in [2.45, 2.75) is 0 Å². The molecule has 0 aliphatic carbocycles. The molecule has 0 aliphatic rings. The molecule has 13 heavy (non-hydrogen) atoms. The fourth-order valence-corrected chi connectivity index (χ4v) is 2.16. The molecule has 1 heterocycles. The van der Waals surface area contributed by atoms with Crippen molar-refractivity contribution in [3.8, 4) is 11.5 Å². The Kier molecular flexibility index (Phi) is 1.77. The van der Waals surface area contributed by atoms with E-state index in [4.69, 9.17) is 10.5 Å². The number of hydrogen-bond donors (Lipinski definition) is 2. The molecule has 1 aromatic heterocycles. The Labute approximate surface area is 79.4 Å². The largest absolute Gasteiger partial charge is 0.504 e. The number of benzene rings is 1. The maximum Gasteiger partial charge on any atom is 0.171 e. The second kappa shape index (κ2) is 2.81. The molecule has 0 radical (unpaired) electrons. The summed E-state index contributed by atoms with van der Waals surface area (Å²) in [5, 5.41) is 12.1. The molecular formula is C9H9NO2S. The molecule has 0 aliphatic heterocycles. The number of phenols is 1. The molecule has 0 saturated carbocycles. The average Bonchev–Trinajstić information content (AvgIpc) is 2.49. The van der Waals surface area contributed by atoms with Crippen molar-refractivity contribution < 1.29 is 9.84 Å². The molecule has 0 spiro atoms. The number of nitrogen functional groups attached to an aromatic ring is 1. The summed E-state index contributed by atoms with van der Waals surface area (Å²) < 4.78 is 6.09. The van der Waals surface area contributed by atoms with Crippen LogP contribution in [0, 0.1) is 0 Å². The van der Waals surface area contributed by atoms with Gasteiger partial charge >= 0.3 is 0 Å². The first kappa shape index (κ1) is 8.19. The Hall–Kier alpha value is -1.42. The van der Waals surface area contributed by atoms with Crippen molar-refractivity contribution in [1.82, 2.24) is 0 Å². The number of methoxy groups -OCH3 is 1. The van der Waals surface area contributed by atoms with E-state index in [1.54, 1.807) is 6.07 Å². The summed E-state index contributed by atoms with van der Waals surface area (Å²) in [7, 11) is 1.52. The quantitative estimate of drug-likeness (QED) is 0.733. The van der Waals surface area contributed by atoms with Crippen molar-refractivity contribution in [1.29, 1.82) is 0 Å². The monoisotopic (exact) mass is 195 g/mol. The number of phenolic OH excluding ortho intramolecular Hbond substituents is 1. The Morgan fingerprint density at radius 3 is 2.92 bits per heavy atom. The zero-order valence-electron chi connectivity index (χ0n) is 7.07. The number of thiophene rings is 1. The van der Waals surface area contributed by atoms with E-state index in [1.807, 2.05) is 11.4 Å². The Morgan fingerprint density at radius 2 is 2.23 bits per heavy atom. The highest BCUT2D eigenvalue weighted by molar-refractivity contribution is 7.17. The first-order valence-electron chi connectivity index (χ1n) is 3.76. The first-order chi connectivity index (χ1) is 6.24. The van der Waals surface area contributed by atoms with Crippen molar-refractivity contribution in [3.63, 3.8) is 0 Å². The zero-order valence-corrected chi connectivity index (χ0v) is 7.89. The van der Waals surface area contributed by atoms with Gasteiger partial charge in [-0.05, 0) is 12.1 Å². The van der Waals surface area contributed by atoms with Crippen LogP contribution in [-0.4, -0.2) is 12.2 Å². The minimum absolute atomic E-state index is 0.125. The van der Waals surface area contributed by atoms with Gasteiger partial charge in [0.25, 0.3) is 0 Å². The number of nitrogens with two attached hydrogens (primary N) is 1. The summed E-state index contributed by atoms with van der Waals surface area (Å²) in [6.07, 6.45) is 0. The van der Waals surface area contributed by atoms with Gasteiger partial charge in [0.1, 0.15) is 0 Å². The Morgan fingerprint density at radius 1 is 1.46 bits per heavy atom. The molecule has 4 heteroatoms. The van der Waals surface area contributed by atoms with Gasteiger partial charge in [-0.15, -0.1) is 11.3 Å². The van der Waals surface area contributed by atoms with E-state index >= 15 is 0 Å². The van der Waals surface area contributed by atoms with E-state index in [9.17, 15) is 5.11 Å². The van der Waals surface area contributed by atoms with E-state index in [0.29, 0.717) is 11.4 Å². The van der Waals surface area contributed by atoms with Crippen LogP contribution in [0.5, 0.6) is 11.5 Å². The molecule has 0 amide bonds. The van der Waals surface area contributed by atoms with Gasteiger partial charge in [-0.2, -0.15) is 0 Å². The lowest BCUT2D eigenvalue weighted by Crippen LogP contribution is -1.87. The maximum absolute atomic E-state index is 9.48. The first-order valence-corrected chi connectivity index (χ1v) is 4.64. The fourth-order valence-electron chi connectivity index (χ4n) is 1.32. The van der Waals surface area contributed by atoms with Crippen LogP contribution in [0.2, 0.25) is 0 Å². The molecule has 1 aromatic carbocycles. The average molecular weight is 195 g/mol. The van der Waals surface area contributed by atoms with Crippen LogP contribution < -0.4 is 10.5 Å². The highest BCUT2D eigenvalue weighted by atomic mass is 32.1. The van der Waals surface area contributed by atoms with Crippen molar-refractivity contribution in [3.05, 3.63) is 17.5 Å². The predicted molar refractivity (Wildman–Crippen MR) is 54.5 cm³/mol. The molecule has 2 rings (SSSR count). The summed E-state index contributed by atoms with van der Waals surface area (Å²) in [6, 6.07) is 3.44. The van der Waals surface area contributed by atoms with E-state index < -0.39 is 0 Å². The van der Waals surface area contributed by atoms with Crippen LogP contribution >= 0.6 is 11.3 Å². The highest BCUT2D eigenvalue weighted by Gasteiger charge is 2.11. The lowest BCUT2D eigenvalue weighted by molar-refractivity contribution is 0.378. The lowest BCUT2D eigenvalue weighted by atomic mass is 10.2. The van der Waals surface area contributed by atoms with Gasteiger partial charge in [0.05, 0.1) is 18.2 Å². The zero-order chi connectivity index (χ0) is 9.42. The third kappa shape index (κ3) is 1.10. The van der Waals surface area contributed by atoms with Crippen LogP contribution in [0.25, 0.3) is 10.1 Å². The smallest absolute Gasteiger partial charge is 0.171 e. The standard InChI is InChI=1S/C9H9NO2S/c1-12-9-6(11)2-3-7-8(9)5(10)4-13-7/h2-4,11H,10H2,1H3. The topological polar surface area (TPSA) is 55.5 Å². The fraction of sp³-hybridized carbons (Fsp3) is 0.111. The second-order valence-corrected chi connectivity index (χ2v) is 3.59. The van der Waals surface area contributed by atoms with E-state index in [0.717, 1.165) is 10.1 Å². The molecule has 0 fully saturated rings. The molecule has 0 atom stereocenters. The van der Waals surface area contributed by atoms with Gasteiger partial charge in [0.15, 0.2) is 11.5 Å². The SMILES string of the molecule is COc1c(O)ccc2scc(N)c12. The molecule has 0 unspecified atom stereocenters. The molecule has 68 valence electrons. The second-order valence-electron chi connectivity index (χ2n) is 2.68. The predicted octanol–water partition coefficient (Wildman–Crippen LogP) is 2.20. The van der Waals surface area contributed by atoms with Crippen LogP contribution in [0.15, 0.2) is 17.5 Å². The summed E-state index contributed by atoms with van der Waals surface area (Å²) in [5.41, 5.74) is 6.39. The minimum Gasteiger partial charge on any atom is -0.504 e. The van der Waals surface area contributed by atoms with Crippen molar-refractivity contribution >= 4 is 27.1 Å². The van der Waals surface area contributed by atoms with E-state index in [1.165, 1.54) is 18.4 Å². The number of fused-ring (bicyclic) bond motifs is 1. The number of anilines is 1. The normalized spacial score (nSPS) is 10.5. The Bertz CT molecular complexity index is 450. The number of hydrogen-bond acceptors (Lipinski definition) is 4. The van der Waals surface area contributed by atoms with Crippen LogP contribution in [0.3, 0.4) is 0 Å². The Balaban J connectivity index is 2.88. The summed E-state index contributed by atoms with van der Waals surface area (Å²) in [5.74, 6) is 0.580. The van der Waals surface area contributed by atoms with Gasteiger partial charge < -0.3 is 15.6 Å². The van der Waals surface area contributed by atoms with Crippen molar-refractivity contribution in [2.24, 2.45) is 0 Å². The summed E-state index contributed by atoms with van der Waals surface area (Å²) in [6.45, 7) is 0. The van der Waals surface area contributed by atoms with Gasteiger partial charge in [-0.3, -0.25) is 0 Å². The molecular weight excluding hydrogens is 186 g/mol. The maximum atomic E-state index is 9.48. The van der Waals surface area contributed by atoms with Gasteiger partial charge in [0.2, 0.25) is 0 Å². The highest BCUT2D eigenvalue weighted by Crippen LogP contribution is 2.40. The lowest BCUT2D eigenvalue weighted by Gasteiger charge is -2.04. The molecule has 2 aromatic rings. The summed E-state index contributed by atoms with van der Waals surface area (Å²) >= 11 is 1.54. The molecule has 3 nitrogen and oxygen atoms in total. The number of rotatable bonds is 1. The molecule has 0 bridgehead atoms. The molecule has 3 N–H and O–H groups in total. The van der Waals surface area contributed by atoms with Gasteiger partial charge in [-0.1, -0.05) is 0 Å². The van der Waals surface area contributed by atoms with Crippen LogP contribution in [-0.2, 0) is 0 Å². The minimum atomic E-state index is 0.125. The van der Waals surface area contributed by atoms with Gasteiger partial charge in [-0.25, -0.2) is 0 Å². The van der Waals surface area contributed by atoms with Crippen LogP contribution in [0.4, 0.5) is 5.69 Å². The van der Waals surface area contributed by atoms with Crippen LogP contribution in [0.1, 0.15) is 0 Å². The van der Waals surface area contributed by atoms with Gasteiger partial charge in [0, 0.05) is 10.1 Å². The number of aromatic hydroxyl groups is 1.